The fraction of sp³-hybridized carbons (Fsp3) is 0.500. The fourth-order valence-corrected chi connectivity index (χ4v) is 2.94. The Morgan fingerprint density at radius 1 is 1.33 bits per heavy atom. The molecule has 0 radical (unpaired) electrons. The number of nitrogens with one attached hydrogen (secondary N) is 1. The van der Waals surface area contributed by atoms with Crippen molar-refractivity contribution in [1.29, 1.82) is 0 Å². The summed E-state index contributed by atoms with van der Waals surface area (Å²) in [7, 11) is 1.74. The van der Waals surface area contributed by atoms with Crippen molar-refractivity contribution in [2.24, 2.45) is 5.92 Å². The van der Waals surface area contributed by atoms with Crippen LogP contribution >= 0.6 is 0 Å². The number of methoxy groups -OCH3 is 1. The molecule has 3 rings (SSSR count). The summed E-state index contributed by atoms with van der Waals surface area (Å²) in [5, 5.41) is 12.4. The van der Waals surface area contributed by atoms with E-state index in [9.17, 15) is 0 Å². The summed E-state index contributed by atoms with van der Waals surface area (Å²) in [5.41, 5.74) is 1.24. The van der Waals surface area contributed by atoms with Crippen molar-refractivity contribution in [2.75, 3.05) is 20.3 Å². The molecule has 0 spiro atoms. The number of hydrogen-bond acceptors (Lipinski definition) is 4. The summed E-state index contributed by atoms with van der Waals surface area (Å²) in [6.07, 6.45) is 0.905. The zero-order chi connectivity index (χ0) is 14.7. The first-order valence-corrected chi connectivity index (χ1v) is 7.49. The first-order valence-electron chi connectivity index (χ1n) is 7.49. The molecule has 1 aliphatic heterocycles. The first-order chi connectivity index (χ1) is 10.3. The minimum absolute atomic E-state index is 0.138. The maximum absolute atomic E-state index is 5.22. The summed E-state index contributed by atoms with van der Waals surface area (Å²) in [5.74, 6) is 2.54. The van der Waals surface area contributed by atoms with Crippen molar-refractivity contribution in [3.05, 3.63) is 47.5 Å². The molecule has 2 aromatic rings. The Labute approximate surface area is 125 Å². The summed E-state index contributed by atoms with van der Waals surface area (Å²) >= 11 is 0. The lowest BCUT2D eigenvalue weighted by atomic mass is 10.0. The summed E-state index contributed by atoms with van der Waals surface area (Å²) < 4.78 is 7.48. The predicted octanol–water partition coefficient (Wildman–Crippen LogP) is 1.80. The van der Waals surface area contributed by atoms with Gasteiger partial charge in [-0.2, -0.15) is 0 Å². The molecule has 1 aromatic heterocycles. The highest BCUT2D eigenvalue weighted by Crippen LogP contribution is 2.24. The van der Waals surface area contributed by atoms with Crippen LogP contribution in [0.15, 0.2) is 30.3 Å². The van der Waals surface area contributed by atoms with Crippen molar-refractivity contribution >= 4 is 0 Å². The zero-order valence-electron chi connectivity index (χ0n) is 12.6. The Morgan fingerprint density at radius 2 is 2.14 bits per heavy atom. The minimum Gasteiger partial charge on any atom is -0.384 e. The number of rotatable bonds is 5. The second kappa shape index (κ2) is 6.37. The van der Waals surface area contributed by atoms with Crippen LogP contribution < -0.4 is 5.32 Å². The van der Waals surface area contributed by atoms with Gasteiger partial charge in [0.1, 0.15) is 5.82 Å². The highest BCUT2D eigenvalue weighted by molar-refractivity contribution is 5.26. The molecule has 0 saturated heterocycles. The molecule has 2 atom stereocenters. The molecule has 0 fully saturated rings. The highest BCUT2D eigenvalue weighted by atomic mass is 16.5. The topological polar surface area (TPSA) is 52.0 Å². The van der Waals surface area contributed by atoms with Crippen molar-refractivity contribution < 1.29 is 4.74 Å². The zero-order valence-corrected chi connectivity index (χ0v) is 12.6. The normalized spacial score (nSPS) is 19.2. The van der Waals surface area contributed by atoms with Gasteiger partial charge in [-0.05, 0) is 11.5 Å². The SMILES string of the molecule is COCC(C)Cc1nnc2n1CCNC2c1ccccc1. The maximum atomic E-state index is 5.22. The van der Waals surface area contributed by atoms with E-state index < -0.39 is 0 Å². The average molecular weight is 286 g/mol. The molecule has 5 nitrogen and oxygen atoms in total. The molecule has 1 N–H and O–H groups in total. The molecule has 112 valence electrons. The van der Waals surface area contributed by atoms with Crippen LogP contribution in [0.1, 0.15) is 30.2 Å². The molecule has 2 unspecified atom stereocenters. The van der Waals surface area contributed by atoms with E-state index in [1.165, 1.54) is 5.56 Å². The van der Waals surface area contributed by atoms with Gasteiger partial charge in [-0.1, -0.05) is 37.3 Å². The van der Waals surface area contributed by atoms with Gasteiger partial charge in [0.15, 0.2) is 5.82 Å². The van der Waals surface area contributed by atoms with Crippen LogP contribution in [-0.4, -0.2) is 35.0 Å². The van der Waals surface area contributed by atoms with Gasteiger partial charge in [-0.3, -0.25) is 0 Å². The average Bonchev–Trinajstić information content (AvgIpc) is 2.91. The molecule has 1 aromatic carbocycles. The molecule has 0 amide bonds. The van der Waals surface area contributed by atoms with E-state index in [4.69, 9.17) is 4.74 Å². The van der Waals surface area contributed by atoms with Crippen LogP contribution in [0.25, 0.3) is 0 Å². The van der Waals surface area contributed by atoms with Gasteiger partial charge in [-0.25, -0.2) is 0 Å². The van der Waals surface area contributed by atoms with Crippen molar-refractivity contribution in [3.8, 4) is 0 Å². The monoisotopic (exact) mass is 286 g/mol. The van der Waals surface area contributed by atoms with E-state index in [1.54, 1.807) is 7.11 Å². The Balaban J connectivity index is 1.85. The van der Waals surface area contributed by atoms with Crippen LogP contribution in [0.4, 0.5) is 0 Å². The number of ether oxygens (including phenoxy) is 1. The predicted molar refractivity (Wildman–Crippen MR) is 81.1 cm³/mol. The van der Waals surface area contributed by atoms with Gasteiger partial charge >= 0.3 is 0 Å². The molecular weight excluding hydrogens is 264 g/mol. The van der Waals surface area contributed by atoms with Gasteiger partial charge in [0, 0.05) is 33.2 Å². The first kappa shape index (κ1) is 14.2. The van der Waals surface area contributed by atoms with Crippen molar-refractivity contribution in [3.63, 3.8) is 0 Å². The van der Waals surface area contributed by atoms with Gasteiger partial charge < -0.3 is 14.6 Å². The van der Waals surface area contributed by atoms with Crippen molar-refractivity contribution in [1.82, 2.24) is 20.1 Å². The van der Waals surface area contributed by atoms with Gasteiger partial charge in [0.25, 0.3) is 0 Å². The number of nitrogens with zero attached hydrogens (tertiary/aromatic N) is 3. The standard InChI is InChI=1S/C16H22N4O/c1-12(11-21-2)10-14-18-19-16-15(17-8-9-20(14)16)13-6-4-3-5-7-13/h3-7,12,15,17H,8-11H2,1-2H3. The lowest BCUT2D eigenvalue weighted by Gasteiger charge is -2.25. The lowest BCUT2D eigenvalue weighted by molar-refractivity contribution is 0.158. The lowest BCUT2D eigenvalue weighted by Crippen LogP contribution is -2.35. The number of benzene rings is 1. The van der Waals surface area contributed by atoms with E-state index in [2.05, 4.69) is 51.3 Å². The van der Waals surface area contributed by atoms with E-state index in [0.29, 0.717) is 5.92 Å². The van der Waals surface area contributed by atoms with E-state index >= 15 is 0 Å². The molecule has 2 heterocycles. The fourth-order valence-electron chi connectivity index (χ4n) is 2.94. The summed E-state index contributed by atoms with van der Waals surface area (Å²) in [6, 6.07) is 10.6. The molecule has 0 bridgehead atoms. The largest absolute Gasteiger partial charge is 0.384 e. The van der Waals surface area contributed by atoms with Crippen LogP contribution in [0.5, 0.6) is 0 Å². The Bertz CT molecular complexity index is 581. The summed E-state index contributed by atoms with van der Waals surface area (Å²) in [4.78, 5) is 0. The number of aromatic nitrogens is 3. The number of fused-ring (bicyclic) bond motifs is 1. The van der Waals surface area contributed by atoms with Gasteiger partial charge in [0.05, 0.1) is 6.04 Å². The summed E-state index contributed by atoms with van der Waals surface area (Å²) in [6.45, 7) is 4.81. The third kappa shape index (κ3) is 2.99. The third-order valence-corrected chi connectivity index (χ3v) is 3.91. The smallest absolute Gasteiger partial charge is 0.154 e. The van der Waals surface area contributed by atoms with Crippen molar-refractivity contribution in [2.45, 2.75) is 25.9 Å². The molecule has 0 aliphatic carbocycles. The molecule has 21 heavy (non-hydrogen) atoms. The van der Waals surface area contributed by atoms with E-state index in [-0.39, 0.29) is 6.04 Å². The van der Waals surface area contributed by atoms with Crippen LogP contribution in [0.2, 0.25) is 0 Å². The van der Waals surface area contributed by atoms with E-state index in [1.807, 2.05) is 6.07 Å². The quantitative estimate of drug-likeness (QED) is 0.910. The third-order valence-electron chi connectivity index (χ3n) is 3.91. The maximum Gasteiger partial charge on any atom is 0.154 e. The van der Waals surface area contributed by atoms with Crippen LogP contribution in [-0.2, 0) is 17.7 Å². The Hall–Kier alpha value is -1.72. The highest BCUT2D eigenvalue weighted by Gasteiger charge is 2.26. The second-order valence-corrected chi connectivity index (χ2v) is 5.69. The molecular formula is C16H22N4O. The molecule has 5 heteroatoms. The number of hydrogen-bond donors (Lipinski definition) is 1. The van der Waals surface area contributed by atoms with Gasteiger partial charge in [0.2, 0.25) is 0 Å². The Kier molecular flexibility index (Phi) is 4.31. The minimum atomic E-state index is 0.138. The molecule has 1 aliphatic rings. The Morgan fingerprint density at radius 3 is 2.90 bits per heavy atom. The van der Waals surface area contributed by atoms with Gasteiger partial charge in [-0.15, -0.1) is 10.2 Å². The molecule has 0 saturated carbocycles. The van der Waals surface area contributed by atoms with E-state index in [0.717, 1.165) is 37.8 Å². The second-order valence-electron chi connectivity index (χ2n) is 5.69. The van der Waals surface area contributed by atoms with Crippen LogP contribution in [0.3, 0.4) is 0 Å². The van der Waals surface area contributed by atoms with Crippen LogP contribution in [0, 0.1) is 5.92 Å².